The monoisotopic (exact) mass is 769 g/mol. The summed E-state index contributed by atoms with van der Waals surface area (Å²) in [7, 11) is 0. The van der Waals surface area contributed by atoms with Crippen LogP contribution in [0.1, 0.15) is 11.1 Å². The predicted octanol–water partition coefficient (Wildman–Crippen LogP) is 14.8. The summed E-state index contributed by atoms with van der Waals surface area (Å²) in [5, 5.41) is 6.69. The lowest BCUT2D eigenvalue weighted by atomic mass is 9.87. The van der Waals surface area contributed by atoms with Crippen molar-refractivity contribution in [3.8, 4) is 5.69 Å². The Morgan fingerprint density at radius 3 is 1.42 bits per heavy atom. The van der Waals surface area contributed by atoms with E-state index in [9.17, 15) is 0 Å². The molecule has 0 bridgehead atoms. The Bertz CT molecular complexity index is 3580. The lowest BCUT2D eigenvalue weighted by molar-refractivity contribution is 0.560. The number of rotatable bonds is 5. The van der Waals surface area contributed by atoms with E-state index in [1.54, 1.807) is 0 Å². The van der Waals surface area contributed by atoms with Gasteiger partial charge in [-0.05, 0) is 78.9 Å². The summed E-state index contributed by atoms with van der Waals surface area (Å²) in [6.45, 7) is 0. The molecule has 0 saturated heterocycles. The van der Waals surface area contributed by atoms with E-state index in [-0.39, 0.29) is 0 Å². The van der Waals surface area contributed by atoms with Crippen LogP contribution in [0.2, 0.25) is 0 Å². The topological polar surface area (TPSA) is 37.7 Å². The molecule has 0 N–H and O–H groups in total. The third-order valence-electron chi connectivity index (χ3n) is 12.5. The zero-order valence-electron chi connectivity index (χ0n) is 32.4. The lowest BCUT2D eigenvalue weighted by Gasteiger charge is -2.47. The molecular formula is C55H35N3O2. The van der Waals surface area contributed by atoms with Crippen molar-refractivity contribution < 1.29 is 8.83 Å². The zero-order chi connectivity index (χ0) is 39.4. The normalized spacial score (nSPS) is 13.7. The van der Waals surface area contributed by atoms with Crippen molar-refractivity contribution in [3.63, 3.8) is 0 Å². The van der Waals surface area contributed by atoms with Crippen LogP contribution in [-0.4, -0.2) is 4.57 Å². The van der Waals surface area contributed by atoms with Crippen molar-refractivity contribution in [1.82, 2.24) is 4.57 Å². The number of nitrogens with zero attached hydrogens (tertiary/aromatic N) is 3. The van der Waals surface area contributed by atoms with Gasteiger partial charge in [-0.15, -0.1) is 0 Å². The van der Waals surface area contributed by atoms with Crippen molar-refractivity contribution in [2.45, 2.75) is 5.66 Å². The first-order chi connectivity index (χ1) is 29.8. The van der Waals surface area contributed by atoms with Crippen LogP contribution < -0.4 is 9.80 Å². The number of aromatic nitrogens is 1. The van der Waals surface area contributed by atoms with E-state index in [1.165, 1.54) is 10.8 Å². The molecule has 0 spiro atoms. The molecule has 1 aliphatic rings. The van der Waals surface area contributed by atoms with Gasteiger partial charge in [0, 0.05) is 60.5 Å². The van der Waals surface area contributed by atoms with Crippen LogP contribution in [0.25, 0.3) is 71.4 Å². The maximum Gasteiger partial charge on any atom is 0.175 e. The van der Waals surface area contributed by atoms with Crippen molar-refractivity contribution in [2.24, 2.45) is 0 Å². The maximum absolute atomic E-state index is 6.46. The molecule has 0 unspecified atom stereocenters. The van der Waals surface area contributed by atoms with Crippen molar-refractivity contribution in [2.75, 3.05) is 9.80 Å². The van der Waals surface area contributed by atoms with Crippen LogP contribution in [0.4, 0.5) is 22.7 Å². The summed E-state index contributed by atoms with van der Waals surface area (Å²) in [5.41, 5.74) is 12.5. The first-order valence-electron chi connectivity index (χ1n) is 20.4. The van der Waals surface area contributed by atoms with Gasteiger partial charge in [-0.25, -0.2) is 0 Å². The van der Waals surface area contributed by atoms with Gasteiger partial charge in [-0.3, -0.25) is 0 Å². The molecule has 13 rings (SSSR count). The fourth-order valence-electron chi connectivity index (χ4n) is 10.1. The fraction of sp³-hybridized carbons (Fsp3) is 0.0182. The molecule has 12 aromatic rings. The van der Waals surface area contributed by atoms with Gasteiger partial charge < -0.3 is 23.2 Å². The second kappa shape index (κ2) is 12.5. The molecule has 5 heteroatoms. The summed E-state index contributed by atoms with van der Waals surface area (Å²) in [5.74, 6) is 0. The fourth-order valence-corrected chi connectivity index (χ4v) is 10.1. The van der Waals surface area contributed by atoms with Gasteiger partial charge in [-0.1, -0.05) is 133 Å². The average molecular weight is 770 g/mol. The van der Waals surface area contributed by atoms with E-state index in [4.69, 9.17) is 8.83 Å². The highest BCUT2D eigenvalue weighted by atomic mass is 16.3. The quantitative estimate of drug-likeness (QED) is 0.175. The first kappa shape index (κ1) is 33.0. The number of hydrogen-bond acceptors (Lipinski definition) is 4. The van der Waals surface area contributed by atoms with Gasteiger partial charge in [0.25, 0.3) is 0 Å². The Morgan fingerprint density at radius 2 is 0.817 bits per heavy atom. The van der Waals surface area contributed by atoms with E-state index in [0.717, 1.165) is 94.5 Å². The standard InChI is InChI=1S/C55H35N3O2/c1-4-16-36(17-5-1)55(37-18-6-2-7-19-37)57(39-28-32-51-44(34-39)41-22-11-14-26-49(41)59-51)48-31-30-47-53(43-24-10-13-25-46(43)56(47)38-20-8-3-9-21-38)54(48)58(55)40-29-33-52-45(35-40)42-23-12-15-27-50(42)60-52/h1-35H. The van der Waals surface area contributed by atoms with Crippen LogP contribution >= 0.6 is 0 Å². The molecule has 0 fully saturated rings. The number of anilines is 4. The minimum absolute atomic E-state index is 0.859. The Balaban J connectivity index is 1.24. The molecule has 9 aromatic carbocycles. The summed E-state index contributed by atoms with van der Waals surface area (Å²) in [6, 6.07) is 76.2. The van der Waals surface area contributed by atoms with Crippen LogP contribution in [0, 0.1) is 0 Å². The van der Waals surface area contributed by atoms with Gasteiger partial charge >= 0.3 is 0 Å². The number of hydrogen-bond donors (Lipinski definition) is 0. The van der Waals surface area contributed by atoms with E-state index < -0.39 is 5.66 Å². The molecule has 60 heavy (non-hydrogen) atoms. The third kappa shape index (κ3) is 4.46. The molecule has 1 aliphatic heterocycles. The predicted molar refractivity (Wildman–Crippen MR) is 246 cm³/mol. The highest BCUT2D eigenvalue weighted by Gasteiger charge is 2.55. The van der Waals surface area contributed by atoms with Crippen molar-refractivity contribution in [3.05, 3.63) is 223 Å². The summed E-state index contributed by atoms with van der Waals surface area (Å²) in [6.07, 6.45) is 0. The van der Waals surface area contributed by atoms with Crippen LogP contribution in [0.5, 0.6) is 0 Å². The smallest absolute Gasteiger partial charge is 0.175 e. The average Bonchev–Trinajstić information content (AvgIpc) is 4.06. The molecular weight excluding hydrogens is 735 g/mol. The maximum atomic E-state index is 6.46. The number of para-hydroxylation sites is 4. The van der Waals surface area contributed by atoms with Gasteiger partial charge in [0.1, 0.15) is 22.3 Å². The largest absolute Gasteiger partial charge is 0.456 e. The molecule has 0 saturated carbocycles. The Morgan fingerprint density at radius 1 is 0.333 bits per heavy atom. The second-order valence-electron chi connectivity index (χ2n) is 15.6. The minimum Gasteiger partial charge on any atom is -0.456 e. The Kier molecular flexibility index (Phi) is 6.87. The highest BCUT2D eigenvalue weighted by Crippen LogP contribution is 2.63. The van der Waals surface area contributed by atoms with E-state index >= 15 is 0 Å². The number of fused-ring (bicyclic) bond motifs is 11. The lowest BCUT2D eigenvalue weighted by Crippen LogP contribution is -2.51. The Hall–Kier alpha value is -8.02. The third-order valence-corrected chi connectivity index (χ3v) is 12.5. The van der Waals surface area contributed by atoms with Crippen LogP contribution in [0.15, 0.2) is 221 Å². The van der Waals surface area contributed by atoms with Gasteiger partial charge in [0.15, 0.2) is 5.66 Å². The van der Waals surface area contributed by atoms with Gasteiger partial charge in [-0.2, -0.15) is 0 Å². The second-order valence-corrected chi connectivity index (χ2v) is 15.6. The van der Waals surface area contributed by atoms with Crippen LogP contribution in [0.3, 0.4) is 0 Å². The van der Waals surface area contributed by atoms with Gasteiger partial charge in [0.2, 0.25) is 0 Å². The van der Waals surface area contributed by atoms with Crippen LogP contribution in [-0.2, 0) is 5.66 Å². The molecule has 0 radical (unpaired) electrons. The Labute approximate surface area is 345 Å². The first-order valence-corrected chi connectivity index (χ1v) is 20.4. The highest BCUT2D eigenvalue weighted by molar-refractivity contribution is 6.21. The van der Waals surface area contributed by atoms with Crippen molar-refractivity contribution >= 4 is 88.4 Å². The minimum atomic E-state index is -0.921. The van der Waals surface area contributed by atoms with E-state index in [0.29, 0.717) is 0 Å². The molecule has 0 atom stereocenters. The summed E-state index contributed by atoms with van der Waals surface area (Å²) >= 11 is 0. The van der Waals surface area contributed by atoms with E-state index in [2.05, 4.69) is 215 Å². The SMILES string of the molecule is c1ccc(-n2c3ccccc3c3c4c(ccc32)N(c2ccc3oc5ccccc5c3c2)C(c2ccccc2)(c2ccccc2)N4c2ccc3oc4ccccc4c3c2)cc1. The molecule has 4 heterocycles. The molecule has 5 nitrogen and oxygen atoms in total. The molecule has 0 amide bonds. The number of furan rings is 2. The summed E-state index contributed by atoms with van der Waals surface area (Å²) in [4.78, 5) is 5.18. The van der Waals surface area contributed by atoms with E-state index in [1.807, 2.05) is 12.1 Å². The molecule has 0 aliphatic carbocycles. The molecule has 282 valence electrons. The van der Waals surface area contributed by atoms with Gasteiger partial charge in [0.05, 0.1) is 22.4 Å². The summed E-state index contributed by atoms with van der Waals surface area (Å²) < 4.78 is 15.3. The zero-order valence-corrected chi connectivity index (χ0v) is 32.4. The molecule has 3 aromatic heterocycles. The van der Waals surface area contributed by atoms with Crippen molar-refractivity contribution in [1.29, 1.82) is 0 Å². The number of benzene rings is 9.